The molecule has 1 aromatic carbocycles. The minimum atomic E-state index is -1.07. The van der Waals surface area contributed by atoms with E-state index in [-0.39, 0.29) is 17.4 Å². The van der Waals surface area contributed by atoms with E-state index in [2.05, 4.69) is 10.4 Å². The zero-order valence-corrected chi connectivity index (χ0v) is 13.9. The van der Waals surface area contributed by atoms with E-state index in [1.54, 1.807) is 13.1 Å². The summed E-state index contributed by atoms with van der Waals surface area (Å²) >= 11 is 0. The molecule has 2 atom stereocenters. The molecule has 7 heteroatoms. The molecule has 0 radical (unpaired) electrons. The highest BCUT2D eigenvalue weighted by Crippen LogP contribution is 2.20. The first-order valence-corrected chi connectivity index (χ1v) is 7.70. The second kappa shape index (κ2) is 7.63. The lowest BCUT2D eigenvalue weighted by Gasteiger charge is -2.19. The van der Waals surface area contributed by atoms with Gasteiger partial charge in [0, 0.05) is 0 Å². The first-order valence-electron chi connectivity index (χ1n) is 7.70. The standard InChI is InChI=1S/C17H21N3O4/c1-4-11(2)14(17(22)23)18-16(21)15-13(24-3)10-20(19-15)12-8-6-5-7-9-12/h5-11,14H,4H2,1-3H3,(H,18,21)(H,22,23). The fraction of sp³-hybridized carbons (Fsp3) is 0.353. The number of rotatable bonds is 7. The Morgan fingerprint density at radius 3 is 2.54 bits per heavy atom. The Bertz CT molecular complexity index is 712. The maximum atomic E-state index is 12.5. The number of aliphatic carboxylic acids is 1. The fourth-order valence-corrected chi connectivity index (χ4v) is 2.27. The quantitative estimate of drug-likeness (QED) is 0.810. The molecule has 0 bridgehead atoms. The van der Waals surface area contributed by atoms with Crippen molar-refractivity contribution in [1.29, 1.82) is 0 Å². The van der Waals surface area contributed by atoms with Crippen molar-refractivity contribution < 1.29 is 19.4 Å². The number of carbonyl (C=O) groups is 2. The zero-order chi connectivity index (χ0) is 17.7. The van der Waals surface area contributed by atoms with E-state index >= 15 is 0 Å². The summed E-state index contributed by atoms with van der Waals surface area (Å²) in [5.74, 6) is -1.56. The van der Waals surface area contributed by atoms with Gasteiger partial charge in [0.25, 0.3) is 5.91 Å². The molecule has 1 aromatic heterocycles. The molecular formula is C17H21N3O4. The Labute approximate surface area is 140 Å². The van der Waals surface area contributed by atoms with E-state index in [0.29, 0.717) is 6.42 Å². The van der Waals surface area contributed by atoms with Gasteiger partial charge in [-0.3, -0.25) is 4.79 Å². The number of benzene rings is 1. The van der Waals surface area contributed by atoms with Crippen LogP contribution in [-0.4, -0.2) is 39.9 Å². The molecule has 0 aliphatic rings. The Balaban J connectivity index is 2.29. The fourth-order valence-electron chi connectivity index (χ4n) is 2.27. The van der Waals surface area contributed by atoms with E-state index in [1.807, 2.05) is 37.3 Å². The predicted molar refractivity (Wildman–Crippen MR) is 88.5 cm³/mol. The normalized spacial score (nSPS) is 13.1. The van der Waals surface area contributed by atoms with Gasteiger partial charge in [-0.25, -0.2) is 9.48 Å². The van der Waals surface area contributed by atoms with Gasteiger partial charge < -0.3 is 15.2 Å². The van der Waals surface area contributed by atoms with Gasteiger partial charge in [-0.2, -0.15) is 5.10 Å². The highest BCUT2D eigenvalue weighted by molar-refractivity contribution is 5.97. The Morgan fingerprint density at radius 1 is 1.33 bits per heavy atom. The zero-order valence-electron chi connectivity index (χ0n) is 13.9. The monoisotopic (exact) mass is 331 g/mol. The van der Waals surface area contributed by atoms with Gasteiger partial charge in [0.15, 0.2) is 11.4 Å². The van der Waals surface area contributed by atoms with Crippen molar-refractivity contribution in [2.45, 2.75) is 26.3 Å². The molecule has 0 saturated carbocycles. The lowest BCUT2D eigenvalue weighted by atomic mass is 9.99. The lowest BCUT2D eigenvalue weighted by molar-refractivity contribution is -0.140. The second-order valence-corrected chi connectivity index (χ2v) is 5.50. The van der Waals surface area contributed by atoms with Gasteiger partial charge in [-0.1, -0.05) is 38.5 Å². The summed E-state index contributed by atoms with van der Waals surface area (Å²) in [7, 11) is 1.44. The smallest absolute Gasteiger partial charge is 0.326 e. The van der Waals surface area contributed by atoms with Crippen molar-refractivity contribution in [3.8, 4) is 11.4 Å². The van der Waals surface area contributed by atoms with E-state index < -0.39 is 17.9 Å². The number of methoxy groups -OCH3 is 1. The first-order chi connectivity index (χ1) is 11.5. The van der Waals surface area contributed by atoms with Crippen molar-refractivity contribution in [3.05, 3.63) is 42.2 Å². The number of carboxylic acids is 1. The SMILES string of the molecule is CCC(C)C(NC(=O)c1nn(-c2ccccc2)cc1OC)C(=O)O. The number of para-hydroxylation sites is 1. The van der Waals surface area contributed by atoms with Crippen molar-refractivity contribution in [2.24, 2.45) is 5.92 Å². The van der Waals surface area contributed by atoms with Crippen molar-refractivity contribution in [1.82, 2.24) is 15.1 Å². The number of nitrogens with zero attached hydrogens (tertiary/aromatic N) is 2. The maximum Gasteiger partial charge on any atom is 0.326 e. The summed E-state index contributed by atoms with van der Waals surface area (Å²) in [6, 6.07) is 8.29. The first kappa shape index (κ1) is 17.5. The Morgan fingerprint density at radius 2 is 2.00 bits per heavy atom. The van der Waals surface area contributed by atoms with Gasteiger partial charge in [0.05, 0.1) is 19.0 Å². The largest absolute Gasteiger partial charge is 0.493 e. The Hall–Kier alpha value is -2.83. The molecule has 1 amide bonds. The van der Waals surface area contributed by atoms with Gasteiger partial charge in [-0.05, 0) is 18.1 Å². The number of hydrogen-bond donors (Lipinski definition) is 2. The highest BCUT2D eigenvalue weighted by atomic mass is 16.5. The van der Waals surface area contributed by atoms with Crippen molar-refractivity contribution in [2.75, 3.05) is 7.11 Å². The van der Waals surface area contributed by atoms with Crippen LogP contribution in [0.1, 0.15) is 30.8 Å². The van der Waals surface area contributed by atoms with Crippen LogP contribution >= 0.6 is 0 Å². The second-order valence-electron chi connectivity index (χ2n) is 5.50. The van der Waals surface area contributed by atoms with Crippen LogP contribution in [0.5, 0.6) is 5.75 Å². The molecule has 0 aliphatic heterocycles. The maximum absolute atomic E-state index is 12.5. The van der Waals surface area contributed by atoms with Crippen LogP contribution in [0.2, 0.25) is 0 Å². The summed E-state index contributed by atoms with van der Waals surface area (Å²) in [5.41, 5.74) is 0.822. The lowest BCUT2D eigenvalue weighted by Crippen LogP contribution is -2.45. The summed E-state index contributed by atoms with van der Waals surface area (Å²) < 4.78 is 6.73. The van der Waals surface area contributed by atoms with E-state index in [9.17, 15) is 14.7 Å². The van der Waals surface area contributed by atoms with Gasteiger partial charge in [-0.15, -0.1) is 0 Å². The number of aromatic nitrogens is 2. The number of carbonyl (C=O) groups excluding carboxylic acids is 1. The number of carboxylic acid groups (broad SMARTS) is 1. The van der Waals surface area contributed by atoms with E-state index in [4.69, 9.17) is 4.74 Å². The van der Waals surface area contributed by atoms with Crippen LogP contribution < -0.4 is 10.1 Å². The van der Waals surface area contributed by atoms with E-state index in [1.165, 1.54) is 11.8 Å². The molecule has 128 valence electrons. The molecule has 0 saturated heterocycles. The van der Waals surface area contributed by atoms with Crippen molar-refractivity contribution in [3.63, 3.8) is 0 Å². The van der Waals surface area contributed by atoms with Crippen LogP contribution in [0.25, 0.3) is 5.69 Å². The summed E-state index contributed by atoms with van der Waals surface area (Å²) in [6.45, 7) is 3.65. The third-order valence-corrected chi connectivity index (χ3v) is 3.90. The molecule has 0 aliphatic carbocycles. The van der Waals surface area contributed by atoms with Crippen LogP contribution in [0.3, 0.4) is 0 Å². The number of nitrogens with one attached hydrogen (secondary N) is 1. The molecule has 2 unspecified atom stereocenters. The molecule has 0 spiro atoms. The van der Waals surface area contributed by atoms with Crippen LogP contribution in [0.4, 0.5) is 0 Å². The third kappa shape index (κ3) is 3.73. The molecule has 7 nitrogen and oxygen atoms in total. The average Bonchev–Trinajstić information content (AvgIpc) is 3.03. The minimum Gasteiger partial charge on any atom is -0.493 e. The molecule has 2 aromatic rings. The van der Waals surface area contributed by atoms with Crippen LogP contribution in [-0.2, 0) is 4.79 Å². The molecule has 0 fully saturated rings. The van der Waals surface area contributed by atoms with Gasteiger partial charge in [0.2, 0.25) is 0 Å². The van der Waals surface area contributed by atoms with Gasteiger partial charge >= 0.3 is 5.97 Å². The number of amides is 1. The number of ether oxygens (including phenoxy) is 1. The Kier molecular flexibility index (Phi) is 5.57. The molecular weight excluding hydrogens is 310 g/mol. The topological polar surface area (TPSA) is 93.5 Å². The molecule has 2 N–H and O–H groups in total. The summed E-state index contributed by atoms with van der Waals surface area (Å²) in [6.07, 6.45) is 2.22. The minimum absolute atomic E-state index is 0.0518. The average molecular weight is 331 g/mol. The summed E-state index contributed by atoms with van der Waals surface area (Å²) in [5, 5.41) is 16.1. The predicted octanol–water partition coefficient (Wildman–Crippen LogP) is 2.11. The van der Waals surface area contributed by atoms with Crippen molar-refractivity contribution >= 4 is 11.9 Å². The number of hydrogen-bond acceptors (Lipinski definition) is 4. The van der Waals surface area contributed by atoms with E-state index in [0.717, 1.165) is 5.69 Å². The molecule has 1 heterocycles. The molecule has 24 heavy (non-hydrogen) atoms. The molecule has 2 rings (SSSR count). The third-order valence-electron chi connectivity index (χ3n) is 3.90. The van der Waals surface area contributed by atoms with Gasteiger partial charge in [0.1, 0.15) is 6.04 Å². The van der Waals surface area contributed by atoms with Crippen LogP contribution in [0.15, 0.2) is 36.5 Å². The highest BCUT2D eigenvalue weighted by Gasteiger charge is 2.28. The van der Waals surface area contributed by atoms with Crippen LogP contribution in [0, 0.1) is 5.92 Å². The summed E-state index contributed by atoms with van der Waals surface area (Å²) in [4.78, 5) is 23.9.